The third kappa shape index (κ3) is 5.48. The second-order valence-corrected chi connectivity index (χ2v) is 5.16. The quantitative estimate of drug-likeness (QED) is 0.702. The zero-order chi connectivity index (χ0) is 15.0. The fourth-order valence-corrected chi connectivity index (χ4v) is 1.78. The molecule has 1 aromatic rings. The standard InChI is InChI=1S/C13H22ClN3O3/c1-10(2)9-17-13(18)12(14)11(8-16-17)15-4-5-20-7-6-19-3/h8,10,15H,4-7,9H2,1-3H3. The van der Waals surface area contributed by atoms with Gasteiger partial charge in [0.1, 0.15) is 5.02 Å². The van der Waals surface area contributed by atoms with Gasteiger partial charge in [-0.3, -0.25) is 4.79 Å². The third-order valence-corrected chi connectivity index (χ3v) is 2.88. The van der Waals surface area contributed by atoms with Crippen LogP contribution in [0.15, 0.2) is 11.0 Å². The van der Waals surface area contributed by atoms with Crippen molar-refractivity contribution < 1.29 is 9.47 Å². The molecule has 0 atom stereocenters. The summed E-state index contributed by atoms with van der Waals surface area (Å²) in [6.45, 7) is 6.76. The Hall–Kier alpha value is -1.11. The van der Waals surface area contributed by atoms with Crippen LogP contribution >= 0.6 is 11.6 Å². The van der Waals surface area contributed by atoms with Crippen LogP contribution in [0, 0.1) is 5.92 Å². The summed E-state index contributed by atoms with van der Waals surface area (Å²) in [5.74, 6) is 0.337. The highest BCUT2D eigenvalue weighted by Gasteiger charge is 2.09. The number of rotatable bonds is 9. The summed E-state index contributed by atoms with van der Waals surface area (Å²) in [6, 6.07) is 0. The lowest BCUT2D eigenvalue weighted by atomic mass is 10.2. The smallest absolute Gasteiger partial charge is 0.287 e. The van der Waals surface area contributed by atoms with Gasteiger partial charge in [0.05, 0.1) is 31.7 Å². The number of methoxy groups -OCH3 is 1. The molecule has 0 aliphatic rings. The summed E-state index contributed by atoms with van der Waals surface area (Å²) in [6.07, 6.45) is 1.57. The lowest BCUT2D eigenvalue weighted by Gasteiger charge is -2.11. The molecule has 0 aromatic carbocycles. The number of hydrogen-bond donors (Lipinski definition) is 1. The second kappa shape index (κ2) is 8.94. The van der Waals surface area contributed by atoms with Crippen molar-refractivity contribution >= 4 is 17.3 Å². The van der Waals surface area contributed by atoms with E-state index < -0.39 is 0 Å². The second-order valence-electron chi connectivity index (χ2n) is 4.79. The van der Waals surface area contributed by atoms with Gasteiger partial charge in [0, 0.05) is 20.2 Å². The molecule has 0 amide bonds. The summed E-state index contributed by atoms with van der Waals surface area (Å²) < 4.78 is 11.6. The van der Waals surface area contributed by atoms with Gasteiger partial charge in [-0.15, -0.1) is 0 Å². The van der Waals surface area contributed by atoms with Crippen LogP contribution in [0.5, 0.6) is 0 Å². The van der Waals surface area contributed by atoms with Gasteiger partial charge in [-0.05, 0) is 5.92 Å². The largest absolute Gasteiger partial charge is 0.382 e. The molecule has 0 bridgehead atoms. The molecule has 0 fully saturated rings. The first-order valence-electron chi connectivity index (χ1n) is 6.62. The molecule has 1 aromatic heterocycles. The SMILES string of the molecule is COCCOCCNc1cnn(CC(C)C)c(=O)c1Cl. The normalized spacial score (nSPS) is 11.1. The van der Waals surface area contributed by atoms with Crippen molar-refractivity contribution in [3.8, 4) is 0 Å². The lowest BCUT2D eigenvalue weighted by Crippen LogP contribution is -2.26. The third-order valence-electron chi connectivity index (χ3n) is 2.52. The predicted molar refractivity (Wildman–Crippen MR) is 79.5 cm³/mol. The van der Waals surface area contributed by atoms with Crippen molar-refractivity contribution in [3.05, 3.63) is 21.6 Å². The first kappa shape index (κ1) is 16.9. The van der Waals surface area contributed by atoms with Gasteiger partial charge in [0.25, 0.3) is 5.56 Å². The maximum Gasteiger partial charge on any atom is 0.287 e. The predicted octanol–water partition coefficient (Wildman–Crippen LogP) is 1.63. The van der Waals surface area contributed by atoms with Gasteiger partial charge < -0.3 is 14.8 Å². The molecule has 0 aliphatic heterocycles. The zero-order valence-corrected chi connectivity index (χ0v) is 12.9. The Kier molecular flexibility index (Phi) is 7.58. The van der Waals surface area contributed by atoms with Crippen LogP contribution in [-0.2, 0) is 16.0 Å². The van der Waals surface area contributed by atoms with Gasteiger partial charge in [0.2, 0.25) is 0 Å². The highest BCUT2D eigenvalue weighted by atomic mass is 35.5. The summed E-state index contributed by atoms with van der Waals surface area (Å²) >= 11 is 6.05. The van der Waals surface area contributed by atoms with Crippen molar-refractivity contribution in [2.24, 2.45) is 5.92 Å². The Morgan fingerprint density at radius 1 is 1.40 bits per heavy atom. The maximum atomic E-state index is 12.0. The molecule has 0 saturated heterocycles. The Labute approximate surface area is 124 Å². The highest BCUT2D eigenvalue weighted by Crippen LogP contribution is 2.15. The van der Waals surface area contributed by atoms with Crippen molar-refractivity contribution in [1.29, 1.82) is 0 Å². The van der Waals surface area contributed by atoms with Crippen molar-refractivity contribution in [3.63, 3.8) is 0 Å². The van der Waals surface area contributed by atoms with Crippen LogP contribution in [0.4, 0.5) is 5.69 Å². The summed E-state index contributed by atoms with van der Waals surface area (Å²) in [5, 5.41) is 7.31. The summed E-state index contributed by atoms with van der Waals surface area (Å²) in [5.41, 5.74) is 0.262. The van der Waals surface area contributed by atoms with Crippen LogP contribution in [0.2, 0.25) is 5.02 Å². The molecule has 0 spiro atoms. The van der Waals surface area contributed by atoms with Gasteiger partial charge in [-0.1, -0.05) is 25.4 Å². The van der Waals surface area contributed by atoms with Crippen LogP contribution in [0.25, 0.3) is 0 Å². The van der Waals surface area contributed by atoms with E-state index in [0.29, 0.717) is 44.5 Å². The fourth-order valence-electron chi connectivity index (χ4n) is 1.57. The molecule has 0 aliphatic carbocycles. The number of nitrogens with zero attached hydrogens (tertiary/aromatic N) is 2. The fraction of sp³-hybridized carbons (Fsp3) is 0.692. The molecule has 6 nitrogen and oxygen atoms in total. The molecule has 7 heteroatoms. The number of halogens is 1. The Morgan fingerprint density at radius 2 is 2.15 bits per heavy atom. The first-order chi connectivity index (χ1) is 9.56. The average molecular weight is 304 g/mol. The minimum Gasteiger partial charge on any atom is -0.382 e. The Morgan fingerprint density at radius 3 is 2.80 bits per heavy atom. The number of aromatic nitrogens is 2. The Balaban J connectivity index is 2.51. The van der Waals surface area contributed by atoms with E-state index in [1.54, 1.807) is 13.3 Å². The van der Waals surface area contributed by atoms with Crippen molar-refractivity contribution in [2.45, 2.75) is 20.4 Å². The molecule has 0 saturated carbocycles. The van der Waals surface area contributed by atoms with E-state index in [4.69, 9.17) is 21.1 Å². The first-order valence-corrected chi connectivity index (χ1v) is 7.00. The molecule has 1 N–H and O–H groups in total. The van der Waals surface area contributed by atoms with Gasteiger partial charge in [-0.25, -0.2) is 4.68 Å². The molecule has 1 rings (SSSR count). The summed E-state index contributed by atoms with van der Waals surface area (Å²) in [4.78, 5) is 12.0. The topological polar surface area (TPSA) is 65.4 Å². The lowest BCUT2D eigenvalue weighted by molar-refractivity contribution is 0.0759. The molecule has 0 unspecified atom stereocenters. The molecular formula is C13H22ClN3O3. The van der Waals surface area contributed by atoms with Crippen molar-refractivity contribution in [1.82, 2.24) is 9.78 Å². The monoisotopic (exact) mass is 303 g/mol. The molecule has 114 valence electrons. The zero-order valence-electron chi connectivity index (χ0n) is 12.2. The van der Waals surface area contributed by atoms with Crippen LogP contribution in [0.3, 0.4) is 0 Å². The molecule has 1 heterocycles. The highest BCUT2D eigenvalue weighted by molar-refractivity contribution is 6.32. The number of ether oxygens (including phenoxy) is 2. The van der Waals surface area contributed by atoms with E-state index in [1.807, 2.05) is 13.8 Å². The number of hydrogen-bond acceptors (Lipinski definition) is 5. The van der Waals surface area contributed by atoms with Crippen LogP contribution < -0.4 is 10.9 Å². The van der Waals surface area contributed by atoms with E-state index in [-0.39, 0.29) is 10.6 Å². The van der Waals surface area contributed by atoms with E-state index in [9.17, 15) is 4.79 Å². The minimum atomic E-state index is -0.273. The number of anilines is 1. The van der Waals surface area contributed by atoms with E-state index in [0.717, 1.165) is 0 Å². The average Bonchev–Trinajstić information content (AvgIpc) is 2.41. The Bertz CT molecular complexity index is 463. The van der Waals surface area contributed by atoms with E-state index in [1.165, 1.54) is 4.68 Å². The molecule has 20 heavy (non-hydrogen) atoms. The van der Waals surface area contributed by atoms with Gasteiger partial charge in [0.15, 0.2) is 0 Å². The van der Waals surface area contributed by atoms with E-state index >= 15 is 0 Å². The van der Waals surface area contributed by atoms with Gasteiger partial charge >= 0.3 is 0 Å². The number of nitrogens with one attached hydrogen (secondary N) is 1. The molecular weight excluding hydrogens is 282 g/mol. The van der Waals surface area contributed by atoms with Crippen LogP contribution in [0.1, 0.15) is 13.8 Å². The molecule has 0 radical (unpaired) electrons. The van der Waals surface area contributed by atoms with E-state index in [2.05, 4.69) is 10.4 Å². The minimum absolute atomic E-state index is 0.164. The maximum absolute atomic E-state index is 12.0. The van der Waals surface area contributed by atoms with Crippen molar-refractivity contribution in [2.75, 3.05) is 38.8 Å². The van der Waals surface area contributed by atoms with Gasteiger partial charge in [-0.2, -0.15) is 5.10 Å². The summed E-state index contributed by atoms with van der Waals surface area (Å²) in [7, 11) is 1.62. The van der Waals surface area contributed by atoms with Crippen LogP contribution in [-0.4, -0.2) is 43.3 Å².